The number of likely N-dealkylation sites (N-methyl/N-ethyl adjacent to an activating group) is 1. The Labute approximate surface area is 168 Å². The van der Waals surface area contributed by atoms with Crippen LogP contribution in [0.1, 0.15) is 5.56 Å². The summed E-state index contributed by atoms with van der Waals surface area (Å²) in [6.45, 7) is 2.22. The second-order valence-corrected chi connectivity index (χ2v) is 9.00. The number of aryl methyl sites for hydroxylation is 1. The molecule has 1 amide bonds. The molecule has 0 N–H and O–H groups in total. The number of ether oxygens (including phenoxy) is 1. The molecule has 0 saturated carbocycles. The number of benzene rings is 2. The highest BCUT2D eigenvalue weighted by Crippen LogP contribution is 2.22. The first kappa shape index (κ1) is 21.2. The van der Waals surface area contributed by atoms with Crippen molar-refractivity contribution < 1.29 is 17.9 Å². The second kappa shape index (κ2) is 9.23. The third-order valence-corrected chi connectivity index (χ3v) is 5.65. The second-order valence-electron chi connectivity index (χ2n) is 6.17. The van der Waals surface area contributed by atoms with E-state index in [1.807, 2.05) is 43.3 Å². The largest absolute Gasteiger partial charge is 0.492 e. The maximum absolute atomic E-state index is 12.5. The Morgan fingerprint density at radius 2 is 1.74 bits per heavy atom. The molecule has 0 spiro atoms. The van der Waals surface area contributed by atoms with Crippen molar-refractivity contribution in [1.29, 1.82) is 0 Å². The third-order valence-electron chi connectivity index (χ3n) is 4.00. The Balaban J connectivity index is 1.98. The molecule has 8 heteroatoms. The topological polar surface area (TPSA) is 66.9 Å². The molecule has 2 aromatic rings. The highest BCUT2D eigenvalue weighted by molar-refractivity contribution is 9.10. The summed E-state index contributed by atoms with van der Waals surface area (Å²) in [6, 6.07) is 14.5. The van der Waals surface area contributed by atoms with Crippen LogP contribution in [0.4, 0.5) is 5.69 Å². The van der Waals surface area contributed by atoms with Gasteiger partial charge in [0.2, 0.25) is 15.9 Å². The van der Waals surface area contributed by atoms with Crippen molar-refractivity contribution in [2.45, 2.75) is 6.92 Å². The van der Waals surface area contributed by atoms with Crippen LogP contribution in [-0.2, 0) is 14.8 Å². The summed E-state index contributed by atoms with van der Waals surface area (Å²) in [5.41, 5.74) is 1.30. The molecule has 0 aromatic heterocycles. The molecular formula is C19H23BrN2O4S. The van der Waals surface area contributed by atoms with Gasteiger partial charge in [-0.25, -0.2) is 8.42 Å². The highest BCUT2D eigenvalue weighted by atomic mass is 79.9. The fourth-order valence-electron chi connectivity index (χ4n) is 2.42. The van der Waals surface area contributed by atoms with E-state index in [1.165, 1.54) is 4.90 Å². The Bertz CT molecular complexity index is 885. The number of carbonyl (C=O) groups is 1. The lowest BCUT2D eigenvalue weighted by Gasteiger charge is -2.26. The molecule has 146 valence electrons. The van der Waals surface area contributed by atoms with Gasteiger partial charge in [0.1, 0.15) is 18.9 Å². The van der Waals surface area contributed by atoms with E-state index in [-0.39, 0.29) is 12.5 Å². The molecule has 0 bridgehead atoms. The SMILES string of the molecule is Cc1ccccc1N(CC(=O)N(C)CCOc1ccc(Br)cc1)S(C)(=O)=O. The van der Waals surface area contributed by atoms with E-state index in [0.29, 0.717) is 24.6 Å². The predicted octanol–water partition coefficient (Wildman–Crippen LogP) is 3.06. The van der Waals surface area contributed by atoms with Crippen molar-refractivity contribution >= 4 is 37.5 Å². The first-order chi connectivity index (χ1) is 12.7. The molecule has 0 fully saturated rings. The summed E-state index contributed by atoms with van der Waals surface area (Å²) in [6.07, 6.45) is 1.10. The van der Waals surface area contributed by atoms with Gasteiger partial charge in [0.05, 0.1) is 18.5 Å². The van der Waals surface area contributed by atoms with Gasteiger partial charge in [-0.1, -0.05) is 34.1 Å². The molecule has 6 nitrogen and oxygen atoms in total. The molecule has 2 aromatic carbocycles. The quantitative estimate of drug-likeness (QED) is 0.614. The lowest BCUT2D eigenvalue weighted by Crippen LogP contribution is -2.42. The van der Waals surface area contributed by atoms with Gasteiger partial charge in [-0.2, -0.15) is 0 Å². The number of halogens is 1. The van der Waals surface area contributed by atoms with E-state index in [2.05, 4.69) is 15.9 Å². The summed E-state index contributed by atoms with van der Waals surface area (Å²) >= 11 is 3.36. The molecule has 0 atom stereocenters. The van der Waals surface area contributed by atoms with Crippen LogP contribution in [0, 0.1) is 6.92 Å². The fourth-order valence-corrected chi connectivity index (χ4v) is 3.60. The fraction of sp³-hybridized carbons (Fsp3) is 0.316. The van der Waals surface area contributed by atoms with Crippen molar-refractivity contribution in [2.75, 3.05) is 37.3 Å². The molecule has 0 unspecified atom stereocenters. The van der Waals surface area contributed by atoms with E-state index in [1.54, 1.807) is 19.2 Å². The number of sulfonamides is 1. The molecule has 0 heterocycles. The van der Waals surface area contributed by atoms with E-state index >= 15 is 0 Å². The molecule has 0 radical (unpaired) electrons. The van der Waals surface area contributed by atoms with Crippen LogP contribution in [-0.4, -0.2) is 52.2 Å². The number of para-hydroxylation sites is 1. The van der Waals surface area contributed by atoms with E-state index in [4.69, 9.17) is 4.74 Å². The molecule has 0 aliphatic heterocycles. The normalized spacial score (nSPS) is 11.1. The van der Waals surface area contributed by atoms with Crippen molar-refractivity contribution in [3.05, 3.63) is 58.6 Å². The first-order valence-electron chi connectivity index (χ1n) is 8.34. The van der Waals surface area contributed by atoms with Crippen molar-refractivity contribution in [3.63, 3.8) is 0 Å². The van der Waals surface area contributed by atoms with E-state index < -0.39 is 10.0 Å². The summed E-state index contributed by atoms with van der Waals surface area (Å²) < 4.78 is 32.1. The Morgan fingerprint density at radius 3 is 2.33 bits per heavy atom. The van der Waals surface area contributed by atoms with Crippen LogP contribution in [0.2, 0.25) is 0 Å². The van der Waals surface area contributed by atoms with Crippen molar-refractivity contribution in [3.8, 4) is 5.75 Å². The summed E-state index contributed by atoms with van der Waals surface area (Å²) in [5, 5.41) is 0. The third kappa shape index (κ3) is 6.25. The summed E-state index contributed by atoms with van der Waals surface area (Å²) in [4.78, 5) is 14.0. The van der Waals surface area contributed by atoms with E-state index in [9.17, 15) is 13.2 Å². The minimum Gasteiger partial charge on any atom is -0.492 e. The van der Waals surface area contributed by atoms with Crippen LogP contribution in [0.25, 0.3) is 0 Å². The van der Waals surface area contributed by atoms with Gasteiger partial charge < -0.3 is 9.64 Å². The number of rotatable bonds is 8. The summed E-state index contributed by atoms with van der Waals surface area (Å²) in [7, 11) is -1.96. The first-order valence-corrected chi connectivity index (χ1v) is 11.0. The standard InChI is InChI=1S/C19H23BrN2O4S/c1-15-6-4-5-7-18(15)22(27(3,24)25)14-19(23)21(2)12-13-26-17-10-8-16(20)9-11-17/h4-11H,12-14H2,1-3H3. The number of anilines is 1. The minimum atomic E-state index is -3.59. The number of carbonyl (C=O) groups excluding carboxylic acids is 1. The molecule has 27 heavy (non-hydrogen) atoms. The zero-order valence-electron chi connectivity index (χ0n) is 15.6. The average molecular weight is 455 g/mol. The van der Waals surface area contributed by atoms with Crippen LogP contribution >= 0.6 is 15.9 Å². The lowest BCUT2D eigenvalue weighted by molar-refractivity contribution is -0.128. The Kier molecular flexibility index (Phi) is 7.26. The molecule has 0 aliphatic rings. The minimum absolute atomic E-state index is 0.252. The van der Waals surface area contributed by atoms with Gasteiger partial charge >= 0.3 is 0 Å². The zero-order valence-corrected chi connectivity index (χ0v) is 18.0. The smallest absolute Gasteiger partial charge is 0.243 e. The Morgan fingerprint density at radius 1 is 1.11 bits per heavy atom. The number of hydrogen-bond acceptors (Lipinski definition) is 4. The number of amides is 1. The molecule has 0 aliphatic carbocycles. The predicted molar refractivity (Wildman–Crippen MR) is 111 cm³/mol. The van der Waals surface area contributed by atoms with Crippen LogP contribution in [0.3, 0.4) is 0 Å². The number of hydrogen-bond donors (Lipinski definition) is 0. The lowest BCUT2D eigenvalue weighted by atomic mass is 10.2. The van der Waals surface area contributed by atoms with Crippen molar-refractivity contribution in [2.24, 2.45) is 0 Å². The average Bonchev–Trinajstić information content (AvgIpc) is 2.61. The van der Waals surface area contributed by atoms with Gasteiger partial charge in [-0.05, 0) is 42.8 Å². The van der Waals surface area contributed by atoms with Crippen LogP contribution in [0.15, 0.2) is 53.0 Å². The van der Waals surface area contributed by atoms with E-state index in [0.717, 1.165) is 20.6 Å². The maximum atomic E-state index is 12.5. The van der Waals surface area contributed by atoms with Gasteiger partial charge in [0.25, 0.3) is 0 Å². The van der Waals surface area contributed by atoms with Gasteiger partial charge in [0.15, 0.2) is 0 Å². The summed E-state index contributed by atoms with van der Waals surface area (Å²) in [5.74, 6) is 0.403. The highest BCUT2D eigenvalue weighted by Gasteiger charge is 2.23. The molecular weight excluding hydrogens is 432 g/mol. The molecule has 2 rings (SSSR count). The zero-order chi connectivity index (χ0) is 20.0. The van der Waals surface area contributed by atoms with Crippen LogP contribution < -0.4 is 9.04 Å². The monoisotopic (exact) mass is 454 g/mol. The molecule has 0 saturated heterocycles. The van der Waals surface area contributed by atoms with Gasteiger partial charge in [0, 0.05) is 11.5 Å². The Hall–Kier alpha value is -2.06. The van der Waals surface area contributed by atoms with Crippen molar-refractivity contribution in [1.82, 2.24) is 4.90 Å². The number of nitrogens with zero attached hydrogens (tertiary/aromatic N) is 2. The maximum Gasteiger partial charge on any atom is 0.243 e. The van der Waals surface area contributed by atoms with Gasteiger partial charge in [-0.3, -0.25) is 9.10 Å². The van der Waals surface area contributed by atoms with Crippen LogP contribution in [0.5, 0.6) is 5.75 Å². The van der Waals surface area contributed by atoms with Gasteiger partial charge in [-0.15, -0.1) is 0 Å².